The lowest BCUT2D eigenvalue weighted by Gasteiger charge is -2.28. The van der Waals surface area contributed by atoms with Gasteiger partial charge in [-0.3, -0.25) is 5.32 Å². The van der Waals surface area contributed by atoms with Crippen molar-refractivity contribution in [2.24, 2.45) is 0 Å². The number of carbonyl (C=O) groups excluding carboxylic acids is 1. The zero-order valence-electron chi connectivity index (χ0n) is 12.3. The molecule has 0 aliphatic carbocycles. The molecule has 3 N–H and O–H groups in total. The lowest BCUT2D eigenvalue weighted by Crippen LogP contribution is -2.49. The Morgan fingerprint density at radius 2 is 1.73 bits per heavy atom. The topological polar surface area (TPSA) is 78.8 Å². The van der Waals surface area contributed by atoms with Gasteiger partial charge in [0.25, 0.3) is 12.2 Å². The smallest absolute Gasteiger partial charge is 0.444 e. The predicted octanol–water partition coefficient (Wildman–Crippen LogP) is 1.28. The molecule has 1 atom stereocenters. The van der Waals surface area contributed by atoms with Gasteiger partial charge in [0.15, 0.2) is 0 Å². The fourth-order valence-corrected chi connectivity index (χ4v) is 1.60. The highest BCUT2D eigenvalue weighted by Gasteiger charge is 2.45. The molecule has 5 nitrogen and oxygen atoms in total. The third kappa shape index (κ3) is 4.64. The molecule has 22 heavy (non-hydrogen) atoms. The molecule has 0 spiro atoms. The number of hydrogen-bond donors (Lipinski definition) is 3. The van der Waals surface area contributed by atoms with Crippen LogP contribution in [0, 0.1) is 0 Å². The van der Waals surface area contributed by atoms with Crippen LogP contribution in [0.4, 0.5) is 18.0 Å². The van der Waals surface area contributed by atoms with Crippen molar-refractivity contribution in [1.82, 2.24) is 5.32 Å². The van der Waals surface area contributed by atoms with Crippen molar-refractivity contribution < 1.29 is 32.8 Å². The predicted molar refractivity (Wildman–Crippen MR) is 74.4 cm³/mol. The summed E-state index contributed by atoms with van der Waals surface area (Å²) in [4.78, 5) is 11.5. The van der Waals surface area contributed by atoms with Gasteiger partial charge in [-0.05, 0) is 26.2 Å². The SMILES string of the molecule is CC(C)(C)OC(=O)NC(F)(c1ccc(B(O)O)cc1)C(F)F. The van der Waals surface area contributed by atoms with Gasteiger partial charge in [-0.1, -0.05) is 24.3 Å². The van der Waals surface area contributed by atoms with E-state index >= 15 is 0 Å². The van der Waals surface area contributed by atoms with Crippen LogP contribution < -0.4 is 10.8 Å². The standard InChI is InChI=1S/C13H17BF3NO4/c1-12(2,3)22-11(19)18-13(17,10(15)16)8-4-6-9(7-5-8)14(20)21/h4-7,10,20-21H,1-3H3,(H,18,19). The van der Waals surface area contributed by atoms with Gasteiger partial charge in [-0.15, -0.1) is 0 Å². The van der Waals surface area contributed by atoms with Gasteiger partial charge >= 0.3 is 13.2 Å². The molecule has 0 radical (unpaired) electrons. The molecule has 0 aliphatic heterocycles. The summed E-state index contributed by atoms with van der Waals surface area (Å²) < 4.78 is 45.4. The molecule has 0 aromatic heterocycles. The molecule has 0 saturated carbocycles. The molecule has 1 unspecified atom stereocenters. The molecule has 0 saturated heterocycles. The van der Waals surface area contributed by atoms with E-state index < -0.39 is 36.6 Å². The minimum Gasteiger partial charge on any atom is -0.444 e. The summed E-state index contributed by atoms with van der Waals surface area (Å²) >= 11 is 0. The van der Waals surface area contributed by atoms with Crippen molar-refractivity contribution in [3.05, 3.63) is 29.8 Å². The van der Waals surface area contributed by atoms with E-state index in [1.807, 2.05) is 0 Å². The van der Waals surface area contributed by atoms with E-state index in [0.29, 0.717) is 0 Å². The molecule has 0 aliphatic rings. The number of alkyl carbamates (subject to hydrolysis) is 1. The summed E-state index contributed by atoms with van der Waals surface area (Å²) in [5.74, 6) is -3.46. The van der Waals surface area contributed by atoms with Crippen molar-refractivity contribution in [3.8, 4) is 0 Å². The fourth-order valence-electron chi connectivity index (χ4n) is 1.60. The number of amides is 1. The maximum absolute atomic E-state index is 14.5. The Morgan fingerprint density at radius 3 is 2.09 bits per heavy atom. The molecule has 0 fully saturated rings. The zero-order valence-corrected chi connectivity index (χ0v) is 12.3. The van der Waals surface area contributed by atoms with Gasteiger partial charge in [-0.2, -0.15) is 0 Å². The highest BCUT2D eigenvalue weighted by atomic mass is 19.3. The summed E-state index contributed by atoms with van der Waals surface area (Å²) in [7, 11) is -1.81. The summed E-state index contributed by atoms with van der Waals surface area (Å²) in [5.41, 5.74) is -1.52. The Balaban J connectivity index is 3.02. The maximum Gasteiger partial charge on any atom is 0.488 e. The summed E-state index contributed by atoms with van der Waals surface area (Å²) in [6.07, 6.45) is -4.88. The Hall–Kier alpha value is -1.74. The summed E-state index contributed by atoms with van der Waals surface area (Å²) in [6.45, 7) is 4.52. The number of nitrogens with one attached hydrogen (secondary N) is 1. The van der Waals surface area contributed by atoms with Crippen LogP contribution in [0.15, 0.2) is 24.3 Å². The fraction of sp³-hybridized carbons (Fsp3) is 0.462. The molecule has 1 aromatic rings. The first-order valence-corrected chi connectivity index (χ1v) is 6.40. The number of benzene rings is 1. The lowest BCUT2D eigenvalue weighted by atomic mass is 9.79. The number of halogens is 3. The van der Waals surface area contributed by atoms with Crippen molar-refractivity contribution in [2.75, 3.05) is 0 Å². The van der Waals surface area contributed by atoms with E-state index in [2.05, 4.69) is 0 Å². The summed E-state index contributed by atoms with van der Waals surface area (Å²) in [6, 6.07) is 3.98. The number of rotatable bonds is 4. The third-order valence-corrected chi connectivity index (χ3v) is 2.61. The van der Waals surface area contributed by atoms with Crippen LogP contribution in [0.2, 0.25) is 0 Å². The van der Waals surface area contributed by atoms with Crippen LogP contribution in [-0.4, -0.2) is 35.3 Å². The Labute approximate surface area is 126 Å². The molecule has 1 rings (SSSR count). The van der Waals surface area contributed by atoms with Gasteiger partial charge in [0.05, 0.1) is 0 Å². The van der Waals surface area contributed by atoms with Crippen LogP contribution >= 0.6 is 0 Å². The average Bonchev–Trinajstić information content (AvgIpc) is 2.36. The zero-order chi connectivity index (χ0) is 17.1. The molecule has 122 valence electrons. The molecular weight excluding hydrogens is 302 g/mol. The summed E-state index contributed by atoms with van der Waals surface area (Å²) in [5, 5.41) is 19.4. The number of ether oxygens (including phenoxy) is 1. The molecule has 0 bridgehead atoms. The van der Waals surface area contributed by atoms with E-state index in [0.717, 1.165) is 24.3 Å². The lowest BCUT2D eigenvalue weighted by molar-refractivity contribution is -0.0665. The Kier molecular flexibility index (Phi) is 5.47. The van der Waals surface area contributed by atoms with Crippen molar-refractivity contribution in [2.45, 2.75) is 38.6 Å². The number of carbonyl (C=O) groups is 1. The molecule has 9 heteroatoms. The normalized spacial score (nSPS) is 14.4. The minimum atomic E-state index is -3.55. The monoisotopic (exact) mass is 319 g/mol. The van der Waals surface area contributed by atoms with E-state index in [-0.39, 0.29) is 5.46 Å². The highest BCUT2D eigenvalue weighted by Crippen LogP contribution is 2.30. The first-order valence-electron chi connectivity index (χ1n) is 6.40. The van der Waals surface area contributed by atoms with E-state index in [4.69, 9.17) is 14.8 Å². The van der Waals surface area contributed by atoms with Crippen molar-refractivity contribution in [1.29, 1.82) is 0 Å². The van der Waals surface area contributed by atoms with Gasteiger partial charge in [0, 0.05) is 5.56 Å². The Morgan fingerprint density at radius 1 is 1.23 bits per heavy atom. The first kappa shape index (κ1) is 18.3. The van der Waals surface area contributed by atoms with E-state index in [1.165, 1.54) is 26.1 Å². The van der Waals surface area contributed by atoms with Gasteiger partial charge in [0.2, 0.25) is 0 Å². The van der Waals surface area contributed by atoms with Crippen LogP contribution in [0.1, 0.15) is 26.3 Å². The van der Waals surface area contributed by atoms with E-state index in [9.17, 15) is 18.0 Å². The average molecular weight is 319 g/mol. The second kappa shape index (κ2) is 6.57. The quantitative estimate of drug-likeness (QED) is 0.577. The second-order valence-corrected chi connectivity index (χ2v) is 5.64. The van der Waals surface area contributed by atoms with Crippen LogP contribution in [0.5, 0.6) is 0 Å². The van der Waals surface area contributed by atoms with Gasteiger partial charge in [-0.25, -0.2) is 18.0 Å². The minimum absolute atomic E-state index is 0.00219. The van der Waals surface area contributed by atoms with Crippen molar-refractivity contribution >= 4 is 18.7 Å². The second-order valence-electron chi connectivity index (χ2n) is 5.64. The molecule has 1 aromatic carbocycles. The molecule has 0 heterocycles. The van der Waals surface area contributed by atoms with E-state index in [1.54, 1.807) is 0 Å². The van der Waals surface area contributed by atoms with Gasteiger partial charge < -0.3 is 14.8 Å². The number of hydrogen-bond acceptors (Lipinski definition) is 4. The van der Waals surface area contributed by atoms with Crippen LogP contribution in [0.3, 0.4) is 0 Å². The maximum atomic E-state index is 14.5. The number of alkyl halides is 3. The molecular formula is C13H17BF3NO4. The first-order chi connectivity index (χ1) is 9.95. The highest BCUT2D eigenvalue weighted by molar-refractivity contribution is 6.58. The largest absolute Gasteiger partial charge is 0.488 e. The molecule has 1 amide bonds. The van der Waals surface area contributed by atoms with Crippen LogP contribution in [0.25, 0.3) is 0 Å². The van der Waals surface area contributed by atoms with Crippen LogP contribution in [-0.2, 0) is 10.5 Å². The Bertz CT molecular complexity index is 519. The van der Waals surface area contributed by atoms with Crippen molar-refractivity contribution in [3.63, 3.8) is 0 Å². The van der Waals surface area contributed by atoms with Gasteiger partial charge in [0.1, 0.15) is 5.60 Å². The third-order valence-electron chi connectivity index (χ3n) is 2.61.